The number of thiophene rings is 1. The Bertz CT molecular complexity index is 441. The van der Waals surface area contributed by atoms with Gasteiger partial charge in [-0.15, -0.1) is 0 Å². The highest BCUT2D eigenvalue weighted by Crippen LogP contribution is 2.37. The van der Waals surface area contributed by atoms with Crippen molar-refractivity contribution in [3.05, 3.63) is 21.1 Å². The van der Waals surface area contributed by atoms with Crippen molar-refractivity contribution in [1.82, 2.24) is 0 Å². The van der Waals surface area contributed by atoms with E-state index in [4.69, 9.17) is 9.47 Å². The normalized spacial score (nSPS) is 10.7. The van der Waals surface area contributed by atoms with Crippen LogP contribution in [0.1, 0.15) is 30.4 Å². The lowest BCUT2D eigenvalue weighted by molar-refractivity contribution is -0.385. The molecule has 1 rings (SSSR count). The quantitative estimate of drug-likeness (QED) is 0.330. The summed E-state index contributed by atoms with van der Waals surface area (Å²) in [5.74, 6) is -0.212. The molecule has 0 amide bonds. The van der Waals surface area contributed by atoms with Gasteiger partial charge in [0.1, 0.15) is 6.61 Å². The van der Waals surface area contributed by atoms with Gasteiger partial charge in [-0.25, -0.2) is 0 Å². The minimum absolute atomic E-state index is 0.0831. The van der Waals surface area contributed by atoms with Crippen LogP contribution in [0, 0.1) is 10.1 Å². The molecule has 1 heterocycles. The van der Waals surface area contributed by atoms with Crippen LogP contribution in [-0.4, -0.2) is 30.0 Å². The Balaban J connectivity index is 2.68. The molecule has 0 bridgehead atoms. The van der Waals surface area contributed by atoms with E-state index in [2.05, 4.69) is 0 Å². The molecule has 0 spiro atoms. The van der Waals surface area contributed by atoms with Crippen LogP contribution in [0.2, 0.25) is 0 Å². The molecule has 0 saturated heterocycles. The average Bonchev–Trinajstić information content (AvgIpc) is 2.68. The number of Topliss-reactive ketones (excluding diaryl/α,β-unsaturated/α-hetero) is 1. The lowest BCUT2D eigenvalue weighted by Crippen LogP contribution is -2.11. The van der Waals surface area contributed by atoms with Crippen molar-refractivity contribution in [1.29, 1.82) is 0 Å². The van der Waals surface area contributed by atoms with Crippen LogP contribution >= 0.6 is 11.3 Å². The van der Waals surface area contributed by atoms with E-state index in [1.807, 2.05) is 13.8 Å². The van der Waals surface area contributed by atoms with E-state index >= 15 is 0 Å². The summed E-state index contributed by atoms with van der Waals surface area (Å²) in [5.41, 5.74) is -0.172. The van der Waals surface area contributed by atoms with Crippen LogP contribution in [0.5, 0.6) is 5.06 Å². The summed E-state index contributed by atoms with van der Waals surface area (Å²) < 4.78 is 10.5. The number of carbonyl (C=O) groups excluding carboxylic acids is 1. The maximum absolute atomic E-state index is 11.2. The zero-order chi connectivity index (χ0) is 13.7. The molecule has 0 aliphatic heterocycles. The number of hydrogen-bond donors (Lipinski definition) is 0. The standard InChI is InChI=1S/C11H15NO5S/c1-7(2)16-4-5-17-11-9(12(14)15)6-10(18-11)8(3)13/h6-7H,4-5H2,1-3H3. The van der Waals surface area contributed by atoms with Gasteiger partial charge in [-0.1, -0.05) is 11.3 Å². The lowest BCUT2D eigenvalue weighted by Gasteiger charge is -2.07. The van der Waals surface area contributed by atoms with Gasteiger partial charge in [-0.2, -0.15) is 0 Å². The fourth-order valence-electron chi connectivity index (χ4n) is 1.19. The second kappa shape index (κ2) is 6.46. The maximum atomic E-state index is 11.2. The Morgan fingerprint density at radius 2 is 2.17 bits per heavy atom. The zero-order valence-corrected chi connectivity index (χ0v) is 11.3. The third-order valence-corrected chi connectivity index (χ3v) is 3.13. The first-order valence-corrected chi connectivity index (χ1v) is 6.27. The van der Waals surface area contributed by atoms with Gasteiger partial charge >= 0.3 is 5.69 Å². The number of nitrogens with zero attached hydrogens (tertiary/aromatic N) is 1. The molecule has 7 heteroatoms. The number of rotatable bonds is 7. The first kappa shape index (κ1) is 14.6. The molecule has 0 saturated carbocycles. The summed E-state index contributed by atoms with van der Waals surface area (Å²) in [5, 5.41) is 10.9. The van der Waals surface area contributed by atoms with Crippen LogP contribution in [0.15, 0.2) is 6.07 Å². The van der Waals surface area contributed by atoms with Crippen molar-refractivity contribution >= 4 is 22.8 Å². The summed E-state index contributed by atoms with van der Waals surface area (Å²) in [6.07, 6.45) is 0.0831. The molecule has 0 atom stereocenters. The number of nitro groups is 1. The third kappa shape index (κ3) is 4.08. The first-order chi connectivity index (χ1) is 8.41. The van der Waals surface area contributed by atoms with E-state index in [0.29, 0.717) is 11.5 Å². The van der Waals surface area contributed by atoms with E-state index < -0.39 is 4.92 Å². The van der Waals surface area contributed by atoms with E-state index in [9.17, 15) is 14.9 Å². The molecule has 0 aliphatic rings. The van der Waals surface area contributed by atoms with Crippen molar-refractivity contribution in [3.63, 3.8) is 0 Å². The average molecular weight is 273 g/mol. The highest BCUT2D eigenvalue weighted by molar-refractivity contribution is 7.16. The number of carbonyl (C=O) groups is 1. The number of hydrogen-bond acceptors (Lipinski definition) is 6. The number of ether oxygens (including phenoxy) is 2. The second-order valence-electron chi connectivity index (χ2n) is 3.86. The van der Waals surface area contributed by atoms with E-state index in [0.717, 1.165) is 11.3 Å². The predicted octanol–water partition coefficient (Wildman–Crippen LogP) is 2.66. The summed E-state index contributed by atoms with van der Waals surface area (Å²) >= 11 is 0.986. The van der Waals surface area contributed by atoms with Gasteiger partial charge in [0.15, 0.2) is 5.78 Å². The molecule has 0 aliphatic carbocycles. The van der Waals surface area contributed by atoms with Gasteiger partial charge in [0.05, 0.1) is 22.5 Å². The molecule has 0 fully saturated rings. The summed E-state index contributed by atoms with van der Waals surface area (Å²) in [6.45, 7) is 5.71. The monoisotopic (exact) mass is 273 g/mol. The Hall–Kier alpha value is -1.47. The van der Waals surface area contributed by atoms with Crippen LogP contribution in [0.25, 0.3) is 0 Å². The summed E-state index contributed by atoms with van der Waals surface area (Å²) in [6, 6.07) is 1.24. The molecule has 1 aromatic heterocycles. The van der Waals surface area contributed by atoms with Gasteiger partial charge in [-0.3, -0.25) is 14.9 Å². The molecule has 18 heavy (non-hydrogen) atoms. The Kier molecular flexibility index (Phi) is 5.24. The molecule has 6 nitrogen and oxygen atoms in total. The fraction of sp³-hybridized carbons (Fsp3) is 0.545. The first-order valence-electron chi connectivity index (χ1n) is 5.45. The van der Waals surface area contributed by atoms with Crippen LogP contribution < -0.4 is 4.74 Å². The minimum Gasteiger partial charge on any atom is -0.477 e. The highest BCUT2D eigenvalue weighted by Gasteiger charge is 2.22. The highest BCUT2D eigenvalue weighted by atomic mass is 32.1. The Morgan fingerprint density at radius 1 is 1.50 bits per heavy atom. The van der Waals surface area contributed by atoms with Crippen molar-refractivity contribution in [2.75, 3.05) is 13.2 Å². The van der Waals surface area contributed by atoms with Gasteiger partial charge in [0, 0.05) is 6.07 Å². The number of ketones is 1. The molecular weight excluding hydrogens is 258 g/mol. The molecule has 0 N–H and O–H groups in total. The van der Waals surface area contributed by atoms with Gasteiger partial charge < -0.3 is 9.47 Å². The van der Waals surface area contributed by atoms with Gasteiger partial charge in [0.25, 0.3) is 5.06 Å². The van der Waals surface area contributed by atoms with E-state index in [1.54, 1.807) is 0 Å². The summed E-state index contributed by atoms with van der Waals surface area (Å²) in [4.78, 5) is 21.7. The molecule has 0 unspecified atom stereocenters. The van der Waals surface area contributed by atoms with Gasteiger partial charge in [-0.05, 0) is 20.8 Å². The van der Waals surface area contributed by atoms with Crippen LogP contribution in [0.4, 0.5) is 5.69 Å². The fourth-order valence-corrected chi connectivity index (χ4v) is 2.08. The summed E-state index contributed by atoms with van der Waals surface area (Å²) in [7, 11) is 0. The van der Waals surface area contributed by atoms with Crippen molar-refractivity contribution in [2.24, 2.45) is 0 Å². The topological polar surface area (TPSA) is 78.7 Å². The third-order valence-electron chi connectivity index (χ3n) is 1.99. The second-order valence-corrected chi connectivity index (χ2v) is 4.88. The zero-order valence-electron chi connectivity index (χ0n) is 10.5. The maximum Gasteiger partial charge on any atom is 0.323 e. The Morgan fingerprint density at radius 3 is 2.67 bits per heavy atom. The van der Waals surface area contributed by atoms with E-state index in [1.165, 1.54) is 13.0 Å². The smallest absolute Gasteiger partial charge is 0.323 e. The molecule has 0 aromatic carbocycles. The van der Waals surface area contributed by atoms with Crippen molar-refractivity contribution in [2.45, 2.75) is 26.9 Å². The van der Waals surface area contributed by atoms with Crippen LogP contribution in [-0.2, 0) is 4.74 Å². The van der Waals surface area contributed by atoms with Crippen LogP contribution in [0.3, 0.4) is 0 Å². The molecule has 0 radical (unpaired) electrons. The van der Waals surface area contributed by atoms with Gasteiger partial charge in [0.2, 0.25) is 0 Å². The molecule has 100 valence electrons. The van der Waals surface area contributed by atoms with Crippen molar-refractivity contribution in [3.8, 4) is 5.06 Å². The molecule has 1 aromatic rings. The SMILES string of the molecule is CC(=O)c1cc([N+](=O)[O-])c(OCCOC(C)C)s1. The largest absolute Gasteiger partial charge is 0.477 e. The molecular formula is C11H15NO5S. The van der Waals surface area contributed by atoms with Crippen molar-refractivity contribution < 1.29 is 19.2 Å². The van der Waals surface area contributed by atoms with E-state index in [-0.39, 0.29) is 29.2 Å². The minimum atomic E-state index is -0.554. The predicted molar refractivity (Wildman–Crippen MR) is 67.6 cm³/mol. The Labute approximate surface area is 109 Å². The lowest BCUT2D eigenvalue weighted by atomic mass is 10.3.